The first-order valence-corrected chi connectivity index (χ1v) is 7.86. The lowest BCUT2D eigenvalue weighted by atomic mass is 10.1. The molecule has 0 saturated carbocycles. The van der Waals surface area contributed by atoms with Crippen LogP contribution in [0.5, 0.6) is 0 Å². The second kappa shape index (κ2) is 7.05. The Balaban J connectivity index is 1.50. The molecule has 0 fully saturated rings. The number of H-pyrrole nitrogens is 1. The summed E-state index contributed by atoms with van der Waals surface area (Å²) in [5.74, 6) is 0.827. The highest BCUT2D eigenvalue weighted by Crippen LogP contribution is 2.17. The van der Waals surface area contributed by atoms with Crippen LogP contribution in [-0.4, -0.2) is 29.1 Å². The van der Waals surface area contributed by atoms with Crippen LogP contribution in [0.3, 0.4) is 0 Å². The van der Waals surface area contributed by atoms with Gasteiger partial charge in [0.1, 0.15) is 0 Å². The maximum absolute atomic E-state index is 4.27. The molecule has 3 aromatic rings. The van der Waals surface area contributed by atoms with Crippen LogP contribution in [0, 0.1) is 0 Å². The molecule has 0 radical (unpaired) electrons. The molecule has 5 nitrogen and oxygen atoms in total. The minimum Gasteiger partial charge on any atom is -0.361 e. The van der Waals surface area contributed by atoms with E-state index >= 15 is 0 Å². The average Bonchev–Trinajstić information content (AvgIpc) is 3.17. The minimum atomic E-state index is 0.771. The van der Waals surface area contributed by atoms with E-state index in [1.165, 1.54) is 22.0 Å². The van der Waals surface area contributed by atoms with Crippen LogP contribution in [0.4, 0.5) is 0 Å². The van der Waals surface area contributed by atoms with Crippen molar-refractivity contribution in [2.45, 2.75) is 13.0 Å². The Hall–Kier alpha value is -2.69. The summed E-state index contributed by atoms with van der Waals surface area (Å²) in [6.07, 6.45) is 7.19. The molecule has 2 heterocycles. The zero-order chi connectivity index (χ0) is 16.1. The Morgan fingerprint density at radius 1 is 1.22 bits per heavy atom. The van der Waals surface area contributed by atoms with Gasteiger partial charge in [0, 0.05) is 56.7 Å². The lowest BCUT2D eigenvalue weighted by Gasteiger charge is -2.11. The number of aromatic amines is 1. The van der Waals surface area contributed by atoms with Crippen molar-refractivity contribution >= 4 is 16.9 Å². The van der Waals surface area contributed by atoms with Gasteiger partial charge in [0.05, 0.1) is 0 Å². The molecule has 23 heavy (non-hydrogen) atoms. The van der Waals surface area contributed by atoms with Gasteiger partial charge in [0.25, 0.3) is 0 Å². The summed E-state index contributed by atoms with van der Waals surface area (Å²) in [6.45, 7) is 1.61. The van der Waals surface area contributed by atoms with Gasteiger partial charge in [-0.3, -0.25) is 4.99 Å². The Labute approximate surface area is 136 Å². The van der Waals surface area contributed by atoms with Crippen molar-refractivity contribution in [3.63, 3.8) is 0 Å². The number of hydrogen-bond acceptors (Lipinski definition) is 1. The van der Waals surface area contributed by atoms with E-state index in [2.05, 4.69) is 63.3 Å². The van der Waals surface area contributed by atoms with E-state index in [1.807, 2.05) is 17.8 Å². The van der Waals surface area contributed by atoms with Crippen LogP contribution >= 0.6 is 0 Å². The van der Waals surface area contributed by atoms with Crippen LogP contribution < -0.4 is 10.6 Å². The number of aliphatic imine (C=N–C) groups is 1. The third kappa shape index (κ3) is 3.74. The smallest absolute Gasteiger partial charge is 0.191 e. The second-order valence-electron chi connectivity index (χ2n) is 5.65. The van der Waals surface area contributed by atoms with Crippen molar-refractivity contribution < 1.29 is 0 Å². The molecule has 0 aliphatic rings. The van der Waals surface area contributed by atoms with Crippen LogP contribution in [0.2, 0.25) is 0 Å². The Morgan fingerprint density at radius 3 is 2.87 bits per heavy atom. The van der Waals surface area contributed by atoms with E-state index in [0.717, 1.165) is 25.5 Å². The maximum atomic E-state index is 4.27. The third-order valence-corrected chi connectivity index (χ3v) is 3.94. The molecule has 0 bridgehead atoms. The molecule has 0 amide bonds. The van der Waals surface area contributed by atoms with Crippen molar-refractivity contribution in [3.8, 4) is 0 Å². The second-order valence-corrected chi connectivity index (χ2v) is 5.65. The van der Waals surface area contributed by atoms with Crippen LogP contribution in [0.25, 0.3) is 10.9 Å². The van der Waals surface area contributed by atoms with Gasteiger partial charge < -0.3 is 20.2 Å². The standard InChI is InChI=1S/C18H23N5/c1-19-18(22-11-14-8-10-23(2)13-14)20-9-7-15-12-21-17-6-4-3-5-16(15)17/h3-6,8,10,12-13,21H,7,9,11H2,1-2H3,(H2,19,20,22). The number of fused-ring (bicyclic) bond motifs is 1. The highest BCUT2D eigenvalue weighted by molar-refractivity contribution is 5.83. The number of aromatic nitrogens is 2. The number of hydrogen-bond donors (Lipinski definition) is 3. The van der Waals surface area contributed by atoms with Gasteiger partial charge in [-0.25, -0.2) is 0 Å². The van der Waals surface area contributed by atoms with E-state index < -0.39 is 0 Å². The predicted molar refractivity (Wildman–Crippen MR) is 95.6 cm³/mol. The van der Waals surface area contributed by atoms with Gasteiger partial charge in [0.2, 0.25) is 0 Å². The number of guanidine groups is 1. The number of nitrogens with zero attached hydrogens (tertiary/aromatic N) is 2. The number of rotatable bonds is 5. The summed E-state index contributed by atoms with van der Waals surface area (Å²) in [5.41, 5.74) is 3.76. The molecular formula is C18H23N5. The first-order valence-electron chi connectivity index (χ1n) is 7.86. The average molecular weight is 309 g/mol. The molecular weight excluding hydrogens is 286 g/mol. The number of aryl methyl sites for hydroxylation is 1. The molecule has 0 spiro atoms. The van der Waals surface area contributed by atoms with Gasteiger partial charge >= 0.3 is 0 Å². The maximum Gasteiger partial charge on any atom is 0.191 e. The molecule has 0 saturated heterocycles. The number of para-hydroxylation sites is 1. The topological polar surface area (TPSA) is 57.1 Å². The van der Waals surface area contributed by atoms with Gasteiger partial charge in [0.15, 0.2) is 5.96 Å². The molecule has 1 aromatic carbocycles. The fourth-order valence-corrected chi connectivity index (χ4v) is 2.73. The van der Waals surface area contributed by atoms with Gasteiger partial charge in [-0.2, -0.15) is 0 Å². The minimum absolute atomic E-state index is 0.771. The predicted octanol–water partition coefficient (Wildman–Crippen LogP) is 2.41. The third-order valence-electron chi connectivity index (χ3n) is 3.94. The Bertz CT molecular complexity index is 796. The molecule has 120 valence electrons. The largest absolute Gasteiger partial charge is 0.361 e. The van der Waals surface area contributed by atoms with Crippen molar-refractivity contribution in [2.75, 3.05) is 13.6 Å². The lowest BCUT2D eigenvalue weighted by Crippen LogP contribution is -2.37. The highest BCUT2D eigenvalue weighted by atomic mass is 15.2. The number of benzene rings is 1. The normalized spacial score (nSPS) is 11.8. The Morgan fingerprint density at radius 2 is 2.09 bits per heavy atom. The van der Waals surface area contributed by atoms with Crippen molar-refractivity contribution in [2.24, 2.45) is 12.0 Å². The summed E-state index contributed by atoms with van der Waals surface area (Å²) in [5, 5.41) is 7.99. The fraction of sp³-hybridized carbons (Fsp3) is 0.278. The van der Waals surface area contributed by atoms with Crippen LogP contribution in [-0.2, 0) is 20.0 Å². The first-order chi connectivity index (χ1) is 11.3. The van der Waals surface area contributed by atoms with Gasteiger partial charge in [-0.05, 0) is 29.7 Å². The molecule has 5 heteroatoms. The first kappa shape index (κ1) is 15.2. The summed E-state index contributed by atoms with van der Waals surface area (Å²) >= 11 is 0. The van der Waals surface area contributed by atoms with Gasteiger partial charge in [-0.1, -0.05) is 18.2 Å². The van der Waals surface area contributed by atoms with Crippen molar-refractivity contribution in [1.29, 1.82) is 0 Å². The SMILES string of the molecule is CN=C(NCCc1c[nH]c2ccccc12)NCc1ccn(C)c1. The molecule has 0 aliphatic heterocycles. The van der Waals surface area contributed by atoms with Crippen molar-refractivity contribution in [1.82, 2.24) is 20.2 Å². The van der Waals surface area contributed by atoms with E-state index in [1.54, 1.807) is 7.05 Å². The van der Waals surface area contributed by atoms with E-state index in [0.29, 0.717) is 0 Å². The van der Waals surface area contributed by atoms with Crippen LogP contribution in [0.15, 0.2) is 53.9 Å². The van der Waals surface area contributed by atoms with E-state index in [4.69, 9.17) is 0 Å². The van der Waals surface area contributed by atoms with Crippen molar-refractivity contribution in [3.05, 3.63) is 60.0 Å². The monoisotopic (exact) mass is 309 g/mol. The van der Waals surface area contributed by atoms with Gasteiger partial charge in [-0.15, -0.1) is 0 Å². The quantitative estimate of drug-likeness (QED) is 0.501. The molecule has 2 aromatic heterocycles. The molecule has 0 aliphatic carbocycles. The summed E-state index contributed by atoms with van der Waals surface area (Å²) < 4.78 is 2.05. The molecule has 0 atom stereocenters. The van der Waals surface area contributed by atoms with E-state index in [9.17, 15) is 0 Å². The van der Waals surface area contributed by atoms with Crippen LogP contribution in [0.1, 0.15) is 11.1 Å². The fourth-order valence-electron chi connectivity index (χ4n) is 2.73. The zero-order valence-electron chi connectivity index (χ0n) is 13.6. The zero-order valence-corrected chi connectivity index (χ0v) is 13.6. The molecule has 3 N–H and O–H groups in total. The lowest BCUT2D eigenvalue weighted by molar-refractivity contribution is 0.794. The summed E-state index contributed by atoms with van der Waals surface area (Å²) in [7, 11) is 3.82. The summed E-state index contributed by atoms with van der Waals surface area (Å²) in [6, 6.07) is 10.5. The molecule has 3 rings (SSSR count). The summed E-state index contributed by atoms with van der Waals surface area (Å²) in [4.78, 5) is 7.58. The highest BCUT2D eigenvalue weighted by Gasteiger charge is 2.03. The number of nitrogens with one attached hydrogen (secondary N) is 3. The molecule has 0 unspecified atom stereocenters. The Kier molecular flexibility index (Phi) is 4.66. The van der Waals surface area contributed by atoms with E-state index in [-0.39, 0.29) is 0 Å².